The number of halogens is 1. The molecule has 4 heterocycles. The number of hydrogen-bond acceptors (Lipinski definition) is 4. The summed E-state index contributed by atoms with van der Waals surface area (Å²) in [7, 11) is 0. The topological polar surface area (TPSA) is 54.3 Å². The standard InChI is InChI=1S/C25H28FN5O/c1-25(2)16-31(15-19-5-6-20(26)13-21(19)25)24(32)18-7-11-30(12-8-18)23-14-22(27-17-28-23)29-9-3-4-10-29/h3-6,9-10,13-14,17-18H,7-8,11-12,15-16H2,1-2H3. The van der Waals surface area contributed by atoms with Gasteiger partial charge in [-0.3, -0.25) is 4.79 Å². The molecule has 1 fully saturated rings. The molecule has 0 radical (unpaired) electrons. The number of aromatic nitrogens is 3. The summed E-state index contributed by atoms with van der Waals surface area (Å²) in [6, 6.07) is 10.9. The number of anilines is 1. The van der Waals surface area contributed by atoms with Crippen LogP contribution in [0.15, 0.2) is 55.1 Å². The first kappa shape index (κ1) is 20.7. The van der Waals surface area contributed by atoms with E-state index in [-0.39, 0.29) is 23.1 Å². The molecule has 0 unspecified atom stereocenters. The first-order chi connectivity index (χ1) is 15.4. The smallest absolute Gasteiger partial charge is 0.226 e. The van der Waals surface area contributed by atoms with Gasteiger partial charge in [0.1, 0.15) is 23.8 Å². The van der Waals surface area contributed by atoms with Gasteiger partial charge in [0, 0.05) is 56.0 Å². The van der Waals surface area contributed by atoms with Gasteiger partial charge in [0.2, 0.25) is 5.91 Å². The first-order valence-corrected chi connectivity index (χ1v) is 11.2. The van der Waals surface area contributed by atoms with Crippen molar-refractivity contribution in [2.24, 2.45) is 5.92 Å². The quantitative estimate of drug-likeness (QED) is 0.628. The summed E-state index contributed by atoms with van der Waals surface area (Å²) in [5.41, 5.74) is 1.80. The summed E-state index contributed by atoms with van der Waals surface area (Å²) in [4.78, 5) is 26.4. The molecule has 32 heavy (non-hydrogen) atoms. The SMILES string of the molecule is CC1(C)CN(C(=O)C2CCN(c3cc(-n4cccc4)ncn3)CC2)Cc2ccc(F)cc21. The van der Waals surface area contributed by atoms with Crippen LogP contribution >= 0.6 is 0 Å². The number of carbonyl (C=O) groups is 1. The number of hydrogen-bond donors (Lipinski definition) is 0. The summed E-state index contributed by atoms with van der Waals surface area (Å²) in [6.45, 7) is 6.93. The van der Waals surface area contributed by atoms with Gasteiger partial charge in [-0.1, -0.05) is 19.9 Å². The molecular formula is C25H28FN5O. The molecule has 0 aliphatic carbocycles. The predicted molar refractivity (Wildman–Crippen MR) is 121 cm³/mol. The minimum Gasteiger partial charge on any atom is -0.356 e. The second kappa shape index (κ2) is 8.04. The van der Waals surface area contributed by atoms with E-state index in [2.05, 4.69) is 28.7 Å². The number of fused-ring (bicyclic) bond motifs is 1. The van der Waals surface area contributed by atoms with Crippen molar-refractivity contribution in [1.82, 2.24) is 19.4 Å². The average Bonchev–Trinajstić information content (AvgIpc) is 3.34. The molecule has 1 saturated heterocycles. The summed E-state index contributed by atoms with van der Waals surface area (Å²) < 4.78 is 15.7. The molecule has 0 N–H and O–H groups in total. The van der Waals surface area contributed by atoms with E-state index >= 15 is 0 Å². The number of benzene rings is 1. The van der Waals surface area contributed by atoms with Gasteiger partial charge in [0.15, 0.2) is 0 Å². The van der Waals surface area contributed by atoms with Crippen LogP contribution in [0, 0.1) is 11.7 Å². The molecule has 1 aromatic carbocycles. The van der Waals surface area contributed by atoms with Crippen LogP contribution in [0.3, 0.4) is 0 Å². The molecular weight excluding hydrogens is 405 g/mol. The summed E-state index contributed by atoms with van der Waals surface area (Å²) in [5.74, 6) is 1.74. The van der Waals surface area contributed by atoms with Crippen LogP contribution in [-0.4, -0.2) is 45.0 Å². The first-order valence-electron chi connectivity index (χ1n) is 11.2. The summed E-state index contributed by atoms with van der Waals surface area (Å²) in [6.07, 6.45) is 7.12. The highest BCUT2D eigenvalue weighted by Gasteiger charge is 2.37. The molecule has 0 saturated carbocycles. The molecule has 7 heteroatoms. The second-order valence-electron chi connectivity index (χ2n) is 9.47. The third kappa shape index (κ3) is 3.87. The molecule has 2 aromatic heterocycles. The lowest BCUT2D eigenvalue weighted by atomic mass is 9.78. The van der Waals surface area contributed by atoms with Crippen LogP contribution in [0.1, 0.15) is 37.8 Å². The van der Waals surface area contributed by atoms with Crippen LogP contribution in [0.25, 0.3) is 5.82 Å². The maximum atomic E-state index is 13.8. The Morgan fingerprint density at radius 1 is 1.06 bits per heavy atom. The Hall–Kier alpha value is -3.22. The zero-order valence-corrected chi connectivity index (χ0v) is 18.5. The lowest BCUT2D eigenvalue weighted by Crippen LogP contribution is -2.49. The van der Waals surface area contributed by atoms with E-state index in [1.165, 1.54) is 6.07 Å². The van der Waals surface area contributed by atoms with Crippen molar-refractivity contribution in [2.45, 2.75) is 38.6 Å². The van der Waals surface area contributed by atoms with E-state index in [0.717, 1.165) is 48.7 Å². The van der Waals surface area contributed by atoms with Crippen LogP contribution < -0.4 is 4.90 Å². The number of rotatable bonds is 3. The van der Waals surface area contributed by atoms with E-state index in [4.69, 9.17) is 0 Å². The molecule has 166 valence electrons. The third-order valence-electron chi connectivity index (χ3n) is 6.74. The molecule has 1 amide bonds. The Morgan fingerprint density at radius 3 is 2.53 bits per heavy atom. The summed E-state index contributed by atoms with van der Waals surface area (Å²) in [5, 5.41) is 0. The lowest BCUT2D eigenvalue weighted by molar-refractivity contribution is -0.138. The maximum absolute atomic E-state index is 13.8. The molecule has 0 bridgehead atoms. The van der Waals surface area contributed by atoms with Gasteiger partial charge in [-0.2, -0.15) is 0 Å². The Balaban J connectivity index is 1.25. The van der Waals surface area contributed by atoms with E-state index < -0.39 is 0 Å². The number of piperidine rings is 1. The molecule has 2 aliphatic heterocycles. The monoisotopic (exact) mass is 433 g/mol. The van der Waals surface area contributed by atoms with Crippen LogP contribution in [0.4, 0.5) is 10.2 Å². The van der Waals surface area contributed by atoms with Crippen molar-refractivity contribution < 1.29 is 9.18 Å². The van der Waals surface area contributed by atoms with Crippen molar-refractivity contribution in [3.8, 4) is 5.82 Å². The highest BCUT2D eigenvalue weighted by Crippen LogP contribution is 2.35. The maximum Gasteiger partial charge on any atom is 0.226 e. The van der Waals surface area contributed by atoms with Crippen molar-refractivity contribution in [3.05, 3.63) is 72.1 Å². The van der Waals surface area contributed by atoms with Crippen LogP contribution in [-0.2, 0) is 16.8 Å². The molecule has 0 spiro atoms. The van der Waals surface area contributed by atoms with Crippen molar-refractivity contribution in [2.75, 3.05) is 24.5 Å². The van der Waals surface area contributed by atoms with Gasteiger partial charge in [-0.05, 0) is 48.2 Å². The van der Waals surface area contributed by atoms with E-state index in [1.54, 1.807) is 12.4 Å². The van der Waals surface area contributed by atoms with Gasteiger partial charge in [0.25, 0.3) is 0 Å². The Labute approximate surface area is 187 Å². The van der Waals surface area contributed by atoms with Crippen LogP contribution in [0.5, 0.6) is 0 Å². The fraction of sp³-hybridized carbons (Fsp3) is 0.400. The Morgan fingerprint density at radius 2 is 1.78 bits per heavy atom. The van der Waals surface area contributed by atoms with Crippen molar-refractivity contribution in [3.63, 3.8) is 0 Å². The molecule has 2 aliphatic rings. The number of nitrogens with zero attached hydrogens (tertiary/aromatic N) is 5. The minimum atomic E-state index is -0.262. The fourth-order valence-corrected chi connectivity index (χ4v) is 5.05. The fourth-order valence-electron chi connectivity index (χ4n) is 5.05. The lowest BCUT2D eigenvalue weighted by Gasteiger charge is -2.42. The molecule has 6 nitrogen and oxygen atoms in total. The zero-order valence-electron chi connectivity index (χ0n) is 18.5. The van der Waals surface area contributed by atoms with Gasteiger partial charge in [0.05, 0.1) is 0 Å². The summed E-state index contributed by atoms with van der Waals surface area (Å²) >= 11 is 0. The third-order valence-corrected chi connectivity index (χ3v) is 6.74. The van der Waals surface area contributed by atoms with E-state index in [1.807, 2.05) is 46.1 Å². The molecule has 5 rings (SSSR count). The van der Waals surface area contributed by atoms with Gasteiger partial charge < -0.3 is 14.4 Å². The average molecular weight is 434 g/mol. The van der Waals surface area contributed by atoms with Gasteiger partial charge >= 0.3 is 0 Å². The van der Waals surface area contributed by atoms with Crippen molar-refractivity contribution >= 4 is 11.7 Å². The zero-order chi connectivity index (χ0) is 22.3. The number of amides is 1. The largest absolute Gasteiger partial charge is 0.356 e. The molecule has 0 atom stereocenters. The Bertz CT molecular complexity index is 1120. The van der Waals surface area contributed by atoms with Crippen molar-refractivity contribution in [1.29, 1.82) is 0 Å². The Kier molecular flexibility index (Phi) is 5.19. The second-order valence-corrected chi connectivity index (χ2v) is 9.47. The van der Waals surface area contributed by atoms with E-state index in [0.29, 0.717) is 13.1 Å². The predicted octanol–water partition coefficient (Wildman–Crippen LogP) is 3.94. The highest BCUT2D eigenvalue weighted by molar-refractivity contribution is 5.79. The van der Waals surface area contributed by atoms with Gasteiger partial charge in [-0.15, -0.1) is 0 Å². The van der Waals surface area contributed by atoms with Crippen LogP contribution in [0.2, 0.25) is 0 Å². The normalized spacial score (nSPS) is 18.5. The van der Waals surface area contributed by atoms with E-state index in [9.17, 15) is 9.18 Å². The van der Waals surface area contributed by atoms with Gasteiger partial charge in [-0.25, -0.2) is 14.4 Å². The molecule has 3 aromatic rings. The highest BCUT2D eigenvalue weighted by atomic mass is 19.1. The number of carbonyl (C=O) groups excluding carboxylic acids is 1. The minimum absolute atomic E-state index is 0.00908.